The lowest BCUT2D eigenvalue weighted by Crippen LogP contribution is -2.24. The molecule has 0 bridgehead atoms. The topological polar surface area (TPSA) is 37.3 Å². The van der Waals surface area contributed by atoms with Gasteiger partial charge in [-0.05, 0) is 37.1 Å². The number of hydrogen-bond donors (Lipinski definition) is 1. The van der Waals surface area contributed by atoms with Crippen molar-refractivity contribution in [1.82, 2.24) is 0 Å². The third-order valence-corrected chi connectivity index (χ3v) is 2.98. The third kappa shape index (κ3) is 3.28. The second-order valence-electron chi connectivity index (χ2n) is 5.62. The van der Waals surface area contributed by atoms with Crippen molar-refractivity contribution in [3.8, 4) is 0 Å². The first-order valence-corrected chi connectivity index (χ1v) is 5.75. The van der Waals surface area contributed by atoms with E-state index in [0.717, 1.165) is 0 Å². The zero-order valence-corrected chi connectivity index (χ0v) is 11.1. The van der Waals surface area contributed by atoms with Gasteiger partial charge in [0.15, 0.2) is 0 Å². The summed E-state index contributed by atoms with van der Waals surface area (Å²) in [6, 6.07) is 3.99. The minimum absolute atomic E-state index is 0.208. The fraction of sp³-hybridized carbons (Fsp3) is 0.500. The first kappa shape index (κ1) is 14.6. The summed E-state index contributed by atoms with van der Waals surface area (Å²) in [6.07, 6.45) is -0.208. The molecule has 1 rings (SSSR count). The molecule has 1 aromatic carbocycles. The lowest BCUT2D eigenvalue weighted by molar-refractivity contribution is -0.138. The van der Waals surface area contributed by atoms with Crippen LogP contribution in [0, 0.1) is 5.82 Å². The van der Waals surface area contributed by atoms with Crippen LogP contribution in [0.3, 0.4) is 0 Å². The molecule has 4 heteroatoms. The van der Waals surface area contributed by atoms with Crippen LogP contribution in [-0.4, -0.2) is 11.1 Å². The molecule has 1 aromatic rings. The molecule has 0 fully saturated rings. The maximum Gasteiger partial charge on any atom is 0.304 e. The van der Waals surface area contributed by atoms with Crippen molar-refractivity contribution in [2.24, 2.45) is 0 Å². The Kier molecular flexibility index (Phi) is 3.79. The van der Waals surface area contributed by atoms with Gasteiger partial charge in [-0.1, -0.05) is 19.9 Å². The fourth-order valence-electron chi connectivity index (χ4n) is 1.89. The SMILES string of the molecule is CC(C)(F)c1ccc(F)c(C(C)(C)CC(=O)O)c1. The van der Waals surface area contributed by atoms with Crippen LogP contribution in [0.1, 0.15) is 45.2 Å². The predicted molar refractivity (Wildman–Crippen MR) is 65.8 cm³/mol. The van der Waals surface area contributed by atoms with E-state index in [1.54, 1.807) is 13.8 Å². The number of carbonyl (C=O) groups is 1. The summed E-state index contributed by atoms with van der Waals surface area (Å²) in [7, 11) is 0. The molecule has 0 heterocycles. The molecular formula is C14H18F2O2. The molecule has 0 saturated carbocycles. The van der Waals surface area contributed by atoms with E-state index >= 15 is 0 Å². The van der Waals surface area contributed by atoms with Crippen LogP contribution in [0.15, 0.2) is 18.2 Å². The van der Waals surface area contributed by atoms with Gasteiger partial charge < -0.3 is 5.11 Å². The van der Waals surface area contributed by atoms with Crippen LogP contribution in [0.2, 0.25) is 0 Å². The van der Waals surface area contributed by atoms with Gasteiger partial charge in [0.25, 0.3) is 0 Å². The smallest absolute Gasteiger partial charge is 0.304 e. The maximum absolute atomic E-state index is 13.8. The van der Waals surface area contributed by atoms with E-state index in [1.807, 2.05) is 0 Å². The summed E-state index contributed by atoms with van der Waals surface area (Å²) in [4.78, 5) is 10.8. The van der Waals surface area contributed by atoms with Crippen LogP contribution in [0.5, 0.6) is 0 Å². The highest BCUT2D eigenvalue weighted by atomic mass is 19.1. The number of halogens is 2. The van der Waals surface area contributed by atoms with Crippen molar-refractivity contribution in [3.63, 3.8) is 0 Å². The molecule has 0 amide bonds. The number of hydrogen-bond acceptors (Lipinski definition) is 1. The summed E-state index contributed by atoms with van der Waals surface area (Å²) in [5.41, 5.74) is -1.88. The summed E-state index contributed by atoms with van der Waals surface area (Å²) < 4.78 is 27.6. The average molecular weight is 256 g/mol. The van der Waals surface area contributed by atoms with Gasteiger partial charge in [0, 0.05) is 5.41 Å². The number of benzene rings is 1. The lowest BCUT2D eigenvalue weighted by atomic mass is 9.79. The van der Waals surface area contributed by atoms with E-state index in [1.165, 1.54) is 32.0 Å². The monoisotopic (exact) mass is 256 g/mol. The normalized spacial score (nSPS) is 12.6. The molecule has 0 aliphatic heterocycles. The second kappa shape index (κ2) is 4.67. The Morgan fingerprint density at radius 1 is 1.28 bits per heavy atom. The zero-order valence-electron chi connectivity index (χ0n) is 11.1. The fourth-order valence-corrected chi connectivity index (χ4v) is 1.89. The molecule has 0 aliphatic rings. The Balaban J connectivity index is 3.27. The Morgan fingerprint density at radius 2 is 1.83 bits per heavy atom. The van der Waals surface area contributed by atoms with Gasteiger partial charge in [0.2, 0.25) is 0 Å². The van der Waals surface area contributed by atoms with Crippen LogP contribution in [-0.2, 0) is 15.9 Å². The molecule has 0 spiro atoms. The molecule has 2 nitrogen and oxygen atoms in total. The van der Waals surface area contributed by atoms with Gasteiger partial charge in [-0.3, -0.25) is 4.79 Å². The quantitative estimate of drug-likeness (QED) is 0.890. The first-order valence-electron chi connectivity index (χ1n) is 5.75. The molecule has 0 unspecified atom stereocenters. The number of aliphatic carboxylic acids is 1. The van der Waals surface area contributed by atoms with Gasteiger partial charge in [-0.2, -0.15) is 0 Å². The van der Waals surface area contributed by atoms with Crippen molar-refractivity contribution in [2.75, 3.05) is 0 Å². The third-order valence-electron chi connectivity index (χ3n) is 2.98. The number of rotatable bonds is 4. The van der Waals surface area contributed by atoms with E-state index in [4.69, 9.17) is 5.11 Å². The Hall–Kier alpha value is -1.45. The van der Waals surface area contributed by atoms with E-state index in [9.17, 15) is 13.6 Å². The molecule has 0 saturated heterocycles. The summed E-state index contributed by atoms with van der Waals surface area (Å²) in [5, 5.41) is 8.83. The molecular weight excluding hydrogens is 238 g/mol. The van der Waals surface area contributed by atoms with E-state index in [0.29, 0.717) is 5.56 Å². The van der Waals surface area contributed by atoms with Crippen molar-refractivity contribution in [1.29, 1.82) is 0 Å². The zero-order chi connectivity index (χ0) is 14.1. The van der Waals surface area contributed by atoms with E-state index in [2.05, 4.69) is 0 Å². The molecule has 0 aliphatic carbocycles. The molecule has 0 atom stereocenters. The Labute approximate surface area is 106 Å². The van der Waals surface area contributed by atoms with Gasteiger partial charge in [0.1, 0.15) is 11.5 Å². The summed E-state index contributed by atoms with van der Waals surface area (Å²) >= 11 is 0. The largest absolute Gasteiger partial charge is 0.481 e. The predicted octanol–water partition coefficient (Wildman–Crippen LogP) is 3.78. The molecule has 100 valence electrons. The van der Waals surface area contributed by atoms with Crippen LogP contribution in [0.25, 0.3) is 0 Å². The van der Waals surface area contributed by atoms with Crippen LogP contribution >= 0.6 is 0 Å². The summed E-state index contributed by atoms with van der Waals surface area (Å²) in [6.45, 7) is 6.03. The highest BCUT2D eigenvalue weighted by Crippen LogP contribution is 2.33. The Morgan fingerprint density at radius 3 is 2.28 bits per heavy atom. The Bertz CT molecular complexity index is 459. The second-order valence-corrected chi connectivity index (χ2v) is 5.62. The average Bonchev–Trinajstić information content (AvgIpc) is 2.13. The standard InChI is InChI=1S/C14H18F2O2/c1-13(2,8-12(17)18)10-7-9(14(3,4)16)5-6-11(10)15/h5-7H,8H2,1-4H3,(H,17,18). The van der Waals surface area contributed by atoms with Crippen molar-refractivity contribution >= 4 is 5.97 Å². The summed E-state index contributed by atoms with van der Waals surface area (Å²) in [5.74, 6) is -1.52. The highest BCUT2D eigenvalue weighted by Gasteiger charge is 2.29. The minimum atomic E-state index is -1.58. The number of alkyl halides is 1. The van der Waals surface area contributed by atoms with E-state index in [-0.39, 0.29) is 12.0 Å². The first-order chi connectivity index (χ1) is 8.04. The van der Waals surface area contributed by atoms with Gasteiger partial charge in [0.05, 0.1) is 6.42 Å². The van der Waals surface area contributed by atoms with Crippen molar-refractivity contribution < 1.29 is 18.7 Å². The molecule has 0 radical (unpaired) electrons. The van der Waals surface area contributed by atoms with Crippen molar-refractivity contribution in [2.45, 2.75) is 45.2 Å². The van der Waals surface area contributed by atoms with Crippen molar-refractivity contribution in [3.05, 3.63) is 35.1 Å². The number of carboxylic acid groups (broad SMARTS) is 1. The van der Waals surface area contributed by atoms with Crippen LogP contribution in [0.4, 0.5) is 8.78 Å². The molecule has 0 aromatic heterocycles. The van der Waals surface area contributed by atoms with Crippen LogP contribution < -0.4 is 0 Å². The molecule has 18 heavy (non-hydrogen) atoms. The van der Waals surface area contributed by atoms with Gasteiger partial charge in [-0.25, -0.2) is 8.78 Å². The highest BCUT2D eigenvalue weighted by molar-refractivity contribution is 5.69. The van der Waals surface area contributed by atoms with Gasteiger partial charge >= 0.3 is 5.97 Å². The maximum atomic E-state index is 13.8. The minimum Gasteiger partial charge on any atom is -0.481 e. The number of carboxylic acids is 1. The molecule has 1 N–H and O–H groups in total. The lowest BCUT2D eigenvalue weighted by Gasteiger charge is -2.26. The van der Waals surface area contributed by atoms with Gasteiger partial charge in [-0.15, -0.1) is 0 Å². The van der Waals surface area contributed by atoms with E-state index < -0.39 is 22.9 Å².